The van der Waals surface area contributed by atoms with Gasteiger partial charge in [-0.05, 0) is 63.1 Å². The Hall–Kier alpha value is -2.71. The summed E-state index contributed by atoms with van der Waals surface area (Å²) < 4.78 is 81.6. The van der Waals surface area contributed by atoms with Crippen molar-refractivity contribution in [3.8, 4) is 11.5 Å². The molecule has 0 aromatic heterocycles. The molecular weight excluding hydrogens is 414 g/mol. The largest absolute Gasteiger partial charge is 0.573 e. The lowest BCUT2D eigenvalue weighted by atomic mass is 9.67. The second-order valence-electron chi connectivity index (χ2n) is 7.72. The van der Waals surface area contributed by atoms with Crippen LogP contribution in [0.1, 0.15) is 38.8 Å². The van der Waals surface area contributed by atoms with Crippen LogP contribution in [0.15, 0.2) is 48.5 Å². The van der Waals surface area contributed by atoms with Gasteiger partial charge in [0.25, 0.3) is 0 Å². The van der Waals surface area contributed by atoms with Gasteiger partial charge < -0.3 is 9.47 Å². The number of carbonyl (C=O) groups is 1. The number of hydrogen-bond donors (Lipinski definition) is 0. The molecule has 164 valence electrons. The minimum Gasteiger partial charge on any atom is -0.406 e. The second kappa shape index (κ2) is 7.85. The molecule has 0 spiro atoms. The van der Waals surface area contributed by atoms with Crippen molar-refractivity contribution in [2.45, 2.75) is 51.2 Å². The fourth-order valence-electron chi connectivity index (χ4n) is 3.19. The Bertz CT molecular complexity index is 805. The molecule has 2 aromatic rings. The Morgan fingerprint density at radius 2 is 0.867 bits per heavy atom. The first-order valence-corrected chi connectivity index (χ1v) is 8.80. The highest BCUT2D eigenvalue weighted by Gasteiger charge is 2.41. The van der Waals surface area contributed by atoms with E-state index in [0.717, 1.165) is 24.3 Å². The third-order valence-corrected chi connectivity index (χ3v) is 4.75. The van der Waals surface area contributed by atoms with Gasteiger partial charge in [0.1, 0.15) is 11.5 Å². The van der Waals surface area contributed by atoms with E-state index >= 15 is 0 Å². The molecule has 2 aromatic carbocycles. The first-order valence-electron chi connectivity index (χ1n) is 8.80. The van der Waals surface area contributed by atoms with Crippen molar-refractivity contribution in [3.05, 3.63) is 59.7 Å². The molecule has 3 nitrogen and oxygen atoms in total. The van der Waals surface area contributed by atoms with Crippen molar-refractivity contribution in [3.63, 3.8) is 0 Å². The summed E-state index contributed by atoms with van der Waals surface area (Å²) in [4.78, 5) is 13.3. The predicted molar refractivity (Wildman–Crippen MR) is 97.3 cm³/mol. The van der Waals surface area contributed by atoms with Gasteiger partial charge in [0.15, 0.2) is 5.78 Å². The predicted octanol–water partition coefficient (Wildman–Crippen LogP) is 6.31. The number of rotatable bonds is 6. The summed E-state index contributed by atoms with van der Waals surface area (Å²) in [5, 5.41) is 0. The lowest BCUT2D eigenvalue weighted by Crippen LogP contribution is -2.42. The van der Waals surface area contributed by atoms with Gasteiger partial charge in [0, 0.05) is 10.8 Å². The molecule has 0 amide bonds. The molecule has 30 heavy (non-hydrogen) atoms. The Balaban J connectivity index is 2.26. The van der Waals surface area contributed by atoms with Crippen LogP contribution >= 0.6 is 0 Å². The fourth-order valence-corrected chi connectivity index (χ4v) is 3.19. The van der Waals surface area contributed by atoms with Gasteiger partial charge in [-0.15, -0.1) is 26.3 Å². The highest BCUT2D eigenvalue weighted by molar-refractivity contribution is 5.97. The maximum Gasteiger partial charge on any atom is 0.573 e. The van der Waals surface area contributed by atoms with Crippen LogP contribution in [-0.2, 0) is 15.6 Å². The quantitative estimate of drug-likeness (QED) is 0.500. The average Bonchev–Trinajstić information content (AvgIpc) is 2.59. The SMILES string of the molecule is CC(C)(C(=O)C(C)(C)c1ccc(OC(F)(F)F)cc1)c1ccc(OC(F)(F)F)cc1. The highest BCUT2D eigenvalue weighted by Crippen LogP contribution is 2.37. The van der Waals surface area contributed by atoms with E-state index in [-0.39, 0.29) is 5.78 Å². The minimum absolute atomic E-state index is 0.274. The van der Waals surface area contributed by atoms with Crippen molar-refractivity contribution < 1.29 is 40.6 Å². The van der Waals surface area contributed by atoms with Gasteiger partial charge in [-0.3, -0.25) is 4.79 Å². The molecule has 0 atom stereocenters. The Kier molecular flexibility index (Phi) is 6.16. The van der Waals surface area contributed by atoms with E-state index in [1.807, 2.05) is 0 Å². The topological polar surface area (TPSA) is 35.5 Å². The fraction of sp³-hybridized carbons (Fsp3) is 0.381. The zero-order chi connectivity index (χ0) is 23.0. The zero-order valence-electron chi connectivity index (χ0n) is 16.6. The second-order valence-corrected chi connectivity index (χ2v) is 7.72. The smallest absolute Gasteiger partial charge is 0.406 e. The number of halogens is 6. The van der Waals surface area contributed by atoms with E-state index in [1.165, 1.54) is 24.3 Å². The van der Waals surface area contributed by atoms with Crippen LogP contribution in [0.3, 0.4) is 0 Å². The van der Waals surface area contributed by atoms with E-state index in [0.29, 0.717) is 11.1 Å². The molecule has 0 saturated carbocycles. The number of carbonyl (C=O) groups excluding carboxylic acids is 1. The molecule has 0 aliphatic carbocycles. The summed E-state index contributed by atoms with van der Waals surface area (Å²) in [6, 6.07) is 9.96. The molecule has 2 rings (SSSR count). The van der Waals surface area contributed by atoms with E-state index in [1.54, 1.807) is 27.7 Å². The third-order valence-electron chi connectivity index (χ3n) is 4.75. The molecule has 0 aliphatic heterocycles. The molecule has 0 N–H and O–H groups in total. The average molecular weight is 434 g/mol. The number of benzene rings is 2. The first kappa shape index (κ1) is 23.6. The lowest BCUT2D eigenvalue weighted by Gasteiger charge is -2.34. The van der Waals surface area contributed by atoms with E-state index in [2.05, 4.69) is 9.47 Å². The summed E-state index contributed by atoms with van der Waals surface area (Å²) in [6.45, 7) is 6.49. The summed E-state index contributed by atoms with van der Waals surface area (Å²) in [6.07, 6.45) is -9.65. The van der Waals surface area contributed by atoms with Crippen LogP contribution < -0.4 is 9.47 Å². The maximum atomic E-state index is 13.3. The maximum absolute atomic E-state index is 13.3. The van der Waals surface area contributed by atoms with Crippen molar-refractivity contribution in [2.75, 3.05) is 0 Å². The summed E-state index contributed by atoms with van der Waals surface area (Å²) in [5.41, 5.74) is -1.26. The number of hydrogen-bond acceptors (Lipinski definition) is 3. The monoisotopic (exact) mass is 434 g/mol. The summed E-state index contributed by atoms with van der Waals surface area (Å²) in [5.74, 6) is -1.09. The lowest BCUT2D eigenvalue weighted by molar-refractivity contribution is -0.275. The molecule has 0 saturated heterocycles. The van der Waals surface area contributed by atoms with Crippen LogP contribution in [0.2, 0.25) is 0 Å². The Morgan fingerprint density at radius 3 is 1.10 bits per heavy atom. The van der Waals surface area contributed by atoms with Crippen molar-refractivity contribution >= 4 is 5.78 Å². The highest BCUT2D eigenvalue weighted by atomic mass is 19.4. The van der Waals surface area contributed by atoms with Crippen LogP contribution in [0.4, 0.5) is 26.3 Å². The van der Waals surface area contributed by atoms with Gasteiger partial charge in [0.2, 0.25) is 0 Å². The van der Waals surface area contributed by atoms with Crippen LogP contribution in [0.25, 0.3) is 0 Å². The zero-order valence-corrected chi connectivity index (χ0v) is 16.6. The Morgan fingerprint density at radius 1 is 0.600 bits per heavy atom. The third kappa shape index (κ3) is 5.67. The summed E-state index contributed by atoms with van der Waals surface area (Å²) in [7, 11) is 0. The van der Waals surface area contributed by atoms with E-state index in [4.69, 9.17) is 0 Å². The standard InChI is InChI=1S/C21H20F6O3/c1-18(2,13-5-9-15(10-6-13)29-20(22,23)24)17(28)19(3,4)14-7-11-16(12-8-14)30-21(25,26)27/h5-12H,1-4H3. The number of ether oxygens (including phenoxy) is 2. The van der Waals surface area contributed by atoms with Crippen molar-refractivity contribution in [1.82, 2.24) is 0 Å². The van der Waals surface area contributed by atoms with E-state index < -0.39 is 35.1 Å². The van der Waals surface area contributed by atoms with Gasteiger partial charge in [-0.25, -0.2) is 0 Å². The molecule has 0 heterocycles. The first-order chi connectivity index (χ1) is 13.5. The van der Waals surface area contributed by atoms with E-state index in [9.17, 15) is 31.1 Å². The normalized spacial score (nSPS) is 13.1. The van der Waals surface area contributed by atoms with Gasteiger partial charge >= 0.3 is 12.7 Å². The van der Waals surface area contributed by atoms with Crippen LogP contribution in [0.5, 0.6) is 11.5 Å². The summed E-state index contributed by atoms with van der Waals surface area (Å²) >= 11 is 0. The molecule has 0 unspecified atom stereocenters. The molecular formula is C21H20F6O3. The van der Waals surface area contributed by atoms with Crippen LogP contribution in [-0.4, -0.2) is 18.5 Å². The number of ketones is 1. The van der Waals surface area contributed by atoms with Gasteiger partial charge in [-0.1, -0.05) is 24.3 Å². The molecule has 0 fully saturated rings. The van der Waals surface area contributed by atoms with Gasteiger partial charge in [-0.2, -0.15) is 0 Å². The minimum atomic E-state index is -4.82. The molecule has 9 heteroatoms. The van der Waals surface area contributed by atoms with Crippen LogP contribution in [0, 0.1) is 0 Å². The van der Waals surface area contributed by atoms with Crippen molar-refractivity contribution in [1.29, 1.82) is 0 Å². The molecule has 0 bridgehead atoms. The number of Topliss-reactive ketones (excluding diaryl/α,β-unsaturated/α-hetero) is 1. The van der Waals surface area contributed by atoms with Gasteiger partial charge in [0.05, 0.1) is 0 Å². The molecule has 0 aliphatic rings. The number of alkyl halides is 6. The molecule has 0 radical (unpaired) electrons. The van der Waals surface area contributed by atoms with Crippen molar-refractivity contribution in [2.24, 2.45) is 0 Å². The Labute approximate surface area is 169 Å².